The van der Waals surface area contributed by atoms with Crippen LogP contribution in [0.25, 0.3) is 11.5 Å². The lowest BCUT2D eigenvalue weighted by molar-refractivity contribution is 0.203. The van der Waals surface area contributed by atoms with E-state index in [0.717, 1.165) is 11.1 Å². The van der Waals surface area contributed by atoms with E-state index in [4.69, 9.17) is 4.42 Å². The normalized spacial score (nSPS) is 12.3. The largest absolute Gasteiger partial charge is 0.411 e. The number of nitrogens with zero attached hydrogens (tertiary/aromatic N) is 2. The van der Waals surface area contributed by atoms with Crippen LogP contribution in [0.3, 0.4) is 0 Å². The van der Waals surface area contributed by atoms with E-state index in [1.54, 1.807) is 13.0 Å². The molecule has 0 saturated carbocycles. The summed E-state index contributed by atoms with van der Waals surface area (Å²) in [6.45, 7) is 3.78. The van der Waals surface area contributed by atoms with Gasteiger partial charge in [-0.1, -0.05) is 35.5 Å². The molecule has 0 bridgehead atoms. The molecule has 0 saturated heterocycles. The number of thioether (sulfide) groups is 1. The Kier molecular flexibility index (Phi) is 4.97. The molecule has 0 spiro atoms. The number of aromatic nitrogens is 2. The van der Waals surface area contributed by atoms with E-state index in [9.17, 15) is 9.50 Å². The minimum atomic E-state index is -0.731. The van der Waals surface area contributed by atoms with Crippen LogP contribution in [0.5, 0.6) is 0 Å². The van der Waals surface area contributed by atoms with Crippen molar-refractivity contribution in [1.29, 1.82) is 0 Å². The molecule has 6 heteroatoms. The van der Waals surface area contributed by atoms with E-state index >= 15 is 0 Å². The first-order valence-corrected chi connectivity index (χ1v) is 8.49. The zero-order valence-corrected chi connectivity index (χ0v) is 14.2. The Bertz CT molecular complexity index is 833. The van der Waals surface area contributed by atoms with Crippen LogP contribution in [0.1, 0.15) is 22.8 Å². The van der Waals surface area contributed by atoms with Gasteiger partial charge in [0.2, 0.25) is 5.89 Å². The van der Waals surface area contributed by atoms with Crippen LogP contribution in [0.2, 0.25) is 0 Å². The van der Waals surface area contributed by atoms with Gasteiger partial charge in [-0.3, -0.25) is 0 Å². The second kappa shape index (κ2) is 7.15. The third-order valence-corrected chi connectivity index (χ3v) is 4.55. The van der Waals surface area contributed by atoms with Gasteiger partial charge >= 0.3 is 0 Å². The molecular formula is C18H17FN2O2S. The van der Waals surface area contributed by atoms with Crippen molar-refractivity contribution in [1.82, 2.24) is 10.2 Å². The second-order valence-electron chi connectivity index (χ2n) is 5.57. The molecule has 4 nitrogen and oxygen atoms in total. The summed E-state index contributed by atoms with van der Waals surface area (Å²) in [6, 6.07) is 12.2. The average molecular weight is 344 g/mol. The summed E-state index contributed by atoms with van der Waals surface area (Å²) < 4.78 is 18.7. The summed E-state index contributed by atoms with van der Waals surface area (Å²) in [5, 5.41) is 18.7. The molecule has 3 rings (SSSR count). The molecule has 1 heterocycles. The third-order valence-electron chi connectivity index (χ3n) is 3.66. The van der Waals surface area contributed by atoms with Gasteiger partial charge in [0.15, 0.2) is 0 Å². The molecule has 24 heavy (non-hydrogen) atoms. The summed E-state index contributed by atoms with van der Waals surface area (Å²) in [5.41, 5.74) is 3.43. The van der Waals surface area contributed by atoms with Crippen LogP contribution < -0.4 is 0 Å². The van der Waals surface area contributed by atoms with Crippen molar-refractivity contribution in [2.45, 2.75) is 25.2 Å². The van der Waals surface area contributed by atoms with Crippen LogP contribution in [0.4, 0.5) is 4.39 Å². The van der Waals surface area contributed by atoms with Crippen molar-refractivity contribution in [2.24, 2.45) is 0 Å². The van der Waals surface area contributed by atoms with Crippen molar-refractivity contribution in [3.8, 4) is 11.5 Å². The molecule has 1 unspecified atom stereocenters. The molecule has 0 fully saturated rings. The van der Waals surface area contributed by atoms with E-state index < -0.39 is 6.10 Å². The Morgan fingerprint density at radius 1 is 1.12 bits per heavy atom. The fraction of sp³-hybridized carbons (Fsp3) is 0.222. The van der Waals surface area contributed by atoms with Gasteiger partial charge in [0.1, 0.15) is 5.82 Å². The number of aliphatic hydroxyl groups is 1. The SMILES string of the molecule is Cc1ccc(-c2nnc(SCC(O)c3ccc(F)cc3C)o2)cc1. The zero-order chi connectivity index (χ0) is 17.1. The van der Waals surface area contributed by atoms with Crippen molar-refractivity contribution >= 4 is 11.8 Å². The fourth-order valence-corrected chi connectivity index (χ4v) is 3.05. The Hall–Kier alpha value is -2.18. The van der Waals surface area contributed by atoms with Gasteiger partial charge in [-0.25, -0.2) is 4.39 Å². The van der Waals surface area contributed by atoms with Crippen LogP contribution in [-0.4, -0.2) is 21.1 Å². The van der Waals surface area contributed by atoms with E-state index in [1.807, 2.05) is 31.2 Å². The van der Waals surface area contributed by atoms with Crippen LogP contribution in [0, 0.1) is 19.7 Å². The van der Waals surface area contributed by atoms with Gasteiger partial charge in [-0.2, -0.15) is 0 Å². The predicted octanol–water partition coefficient (Wildman–Crippen LogP) is 4.32. The van der Waals surface area contributed by atoms with Crippen LogP contribution >= 0.6 is 11.8 Å². The lowest BCUT2D eigenvalue weighted by Gasteiger charge is -2.12. The molecule has 2 aromatic carbocycles. The average Bonchev–Trinajstić information content (AvgIpc) is 3.02. The molecule has 0 aliphatic heterocycles. The maximum Gasteiger partial charge on any atom is 0.276 e. The summed E-state index contributed by atoms with van der Waals surface area (Å²) in [5.74, 6) is 0.489. The minimum Gasteiger partial charge on any atom is -0.411 e. The molecule has 0 radical (unpaired) electrons. The van der Waals surface area contributed by atoms with Gasteiger partial charge in [0, 0.05) is 11.3 Å². The monoisotopic (exact) mass is 344 g/mol. The second-order valence-corrected chi connectivity index (χ2v) is 6.54. The van der Waals surface area contributed by atoms with E-state index in [0.29, 0.717) is 28.0 Å². The number of hydrogen-bond donors (Lipinski definition) is 1. The summed E-state index contributed by atoms with van der Waals surface area (Å²) in [6.07, 6.45) is -0.731. The van der Waals surface area contributed by atoms with Crippen LogP contribution in [0.15, 0.2) is 52.1 Å². The third kappa shape index (κ3) is 3.83. The number of aryl methyl sites for hydroxylation is 2. The number of aliphatic hydroxyl groups excluding tert-OH is 1. The lowest BCUT2D eigenvalue weighted by Crippen LogP contribution is -2.03. The molecule has 1 atom stereocenters. The first kappa shape index (κ1) is 16.7. The highest BCUT2D eigenvalue weighted by Crippen LogP contribution is 2.28. The standard InChI is InChI=1S/C18H17FN2O2S/c1-11-3-5-13(6-4-11)17-20-21-18(23-17)24-10-16(22)15-8-7-14(19)9-12(15)2/h3-9,16,22H,10H2,1-2H3. The maximum absolute atomic E-state index is 13.1. The molecule has 3 aromatic rings. The van der Waals surface area contributed by atoms with Gasteiger partial charge in [0.05, 0.1) is 6.10 Å². The molecule has 124 valence electrons. The first-order chi connectivity index (χ1) is 11.5. The fourth-order valence-electron chi connectivity index (χ4n) is 2.33. The Balaban J connectivity index is 1.65. The summed E-state index contributed by atoms with van der Waals surface area (Å²) in [4.78, 5) is 0. The topological polar surface area (TPSA) is 59.2 Å². The Morgan fingerprint density at radius 2 is 1.88 bits per heavy atom. The summed E-state index contributed by atoms with van der Waals surface area (Å²) in [7, 11) is 0. The van der Waals surface area contributed by atoms with Crippen molar-refractivity contribution in [3.05, 3.63) is 65.0 Å². The van der Waals surface area contributed by atoms with E-state index in [2.05, 4.69) is 10.2 Å². The maximum atomic E-state index is 13.1. The quantitative estimate of drug-likeness (QED) is 0.699. The molecule has 0 amide bonds. The molecular weight excluding hydrogens is 327 g/mol. The number of halogens is 1. The highest BCUT2D eigenvalue weighted by molar-refractivity contribution is 7.99. The van der Waals surface area contributed by atoms with Gasteiger partial charge < -0.3 is 9.52 Å². The smallest absolute Gasteiger partial charge is 0.276 e. The molecule has 0 aliphatic carbocycles. The van der Waals surface area contributed by atoms with Crippen molar-refractivity contribution in [2.75, 3.05) is 5.75 Å². The highest BCUT2D eigenvalue weighted by Gasteiger charge is 2.15. The van der Waals surface area contributed by atoms with E-state index in [1.165, 1.54) is 23.9 Å². The minimum absolute atomic E-state index is 0.309. The van der Waals surface area contributed by atoms with E-state index in [-0.39, 0.29) is 5.82 Å². The Morgan fingerprint density at radius 3 is 2.58 bits per heavy atom. The van der Waals surface area contributed by atoms with Gasteiger partial charge in [-0.05, 0) is 49.2 Å². The van der Waals surface area contributed by atoms with Crippen molar-refractivity contribution in [3.63, 3.8) is 0 Å². The molecule has 1 N–H and O–H groups in total. The highest BCUT2D eigenvalue weighted by atomic mass is 32.2. The summed E-state index contributed by atoms with van der Waals surface area (Å²) >= 11 is 1.27. The predicted molar refractivity (Wildman–Crippen MR) is 91.3 cm³/mol. The van der Waals surface area contributed by atoms with Crippen molar-refractivity contribution < 1.29 is 13.9 Å². The van der Waals surface area contributed by atoms with Gasteiger partial charge in [0.25, 0.3) is 5.22 Å². The van der Waals surface area contributed by atoms with Crippen LogP contribution in [-0.2, 0) is 0 Å². The lowest BCUT2D eigenvalue weighted by atomic mass is 10.0. The number of hydrogen-bond acceptors (Lipinski definition) is 5. The Labute approximate surface area is 143 Å². The number of rotatable bonds is 5. The van der Waals surface area contributed by atoms with Gasteiger partial charge in [-0.15, -0.1) is 10.2 Å². The number of benzene rings is 2. The zero-order valence-electron chi connectivity index (χ0n) is 13.4. The molecule has 0 aliphatic rings. The molecule has 1 aromatic heterocycles. The first-order valence-electron chi connectivity index (χ1n) is 7.50.